The van der Waals surface area contributed by atoms with Crippen LogP contribution < -0.4 is 19.9 Å². The number of nitrogens with two attached hydrogens (primary N) is 1. The molecule has 1 aliphatic heterocycles. The number of fused-ring (bicyclic) bond motifs is 2. The Morgan fingerprint density at radius 3 is 2.61 bits per heavy atom. The minimum Gasteiger partial charge on any atom is -0.454 e. The van der Waals surface area contributed by atoms with Crippen LogP contribution in [0.3, 0.4) is 0 Å². The van der Waals surface area contributed by atoms with Crippen LogP contribution >= 0.6 is 12.4 Å². The monoisotopic (exact) mass is 334 g/mol. The molecule has 0 saturated heterocycles. The van der Waals surface area contributed by atoms with E-state index in [0.717, 1.165) is 0 Å². The van der Waals surface area contributed by atoms with Crippen molar-refractivity contribution in [3.63, 3.8) is 0 Å². The van der Waals surface area contributed by atoms with E-state index in [9.17, 15) is 4.39 Å². The second kappa shape index (κ2) is 5.81. The number of hydrogen-bond donors (Lipinski definition) is 1. The molecule has 0 radical (unpaired) electrons. The lowest BCUT2D eigenvalue weighted by Crippen LogP contribution is -1.93. The number of anilines is 1. The summed E-state index contributed by atoms with van der Waals surface area (Å²) in [5.41, 5.74) is 6.56. The Bertz CT molecular complexity index is 889. The zero-order valence-corrected chi connectivity index (χ0v) is 12.6. The molecule has 1 aliphatic rings. The molecule has 3 aromatic rings. The zero-order chi connectivity index (χ0) is 15.1. The number of rotatable bonds is 2. The van der Waals surface area contributed by atoms with Crippen LogP contribution in [-0.4, -0.2) is 11.8 Å². The fraction of sp³-hybridized carbons (Fsp3) is 0.0625. The van der Waals surface area contributed by atoms with Gasteiger partial charge >= 0.3 is 0 Å². The van der Waals surface area contributed by atoms with Gasteiger partial charge in [0, 0.05) is 29.4 Å². The highest BCUT2D eigenvalue weighted by Crippen LogP contribution is 2.39. The van der Waals surface area contributed by atoms with Crippen molar-refractivity contribution in [1.29, 1.82) is 0 Å². The Kier molecular flexibility index (Phi) is 3.83. The van der Waals surface area contributed by atoms with Gasteiger partial charge in [-0.2, -0.15) is 0 Å². The summed E-state index contributed by atoms with van der Waals surface area (Å²) < 4.78 is 30.2. The van der Waals surface area contributed by atoms with Crippen LogP contribution in [0.1, 0.15) is 0 Å². The van der Waals surface area contributed by atoms with E-state index in [1.54, 1.807) is 30.5 Å². The molecule has 0 fully saturated rings. The lowest BCUT2D eigenvalue weighted by Gasteiger charge is -2.10. The van der Waals surface area contributed by atoms with E-state index < -0.39 is 5.82 Å². The van der Waals surface area contributed by atoms with Gasteiger partial charge in [-0.25, -0.2) is 4.39 Å². The molecular formula is C16H12ClFN2O3. The summed E-state index contributed by atoms with van der Waals surface area (Å²) >= 11 is 0. The summed E-state index contributed by atoms with van der Waals surface area (Å²) in [6.07, 6.45) is 1.59. The number of hydrogen-bond acceptors (Lipinski definition) is 5. The summed E-state index contributed by atoms with van der Waals surface area (Å²) in [4.78, 5) is 4.27. The van der Waals surface area contributed by atoms with Gasteiger partial charge in [-0.15, -0.1) is 12.4 Å². The Balaban J connectivity index is 0.00000156. The van der Waals surface area contributed by atoms with E-state index in [4.69, 9.17) is 19.9 Å². The molecule has 0 amide bonds. The Hall–Kier alpha value is -2.73. The SMILES string of the molecule is Cl.Nc1ccc(Oc2ccnc3cc4c(cc23)OCO4)c(F)c1. The minimum absolute atomic E-state index is 0. The third kappa shape index (κ3) is 2.68. The number of ether oxygens (including phenoxy) is 3. The van der Waals surface area contributed by atoms with Gasteiger partial charge in [0.15, 0.2) is 23.1 Å². The lowest BCUT2D eigenvalue weighted by atomic mass is 10.2. The molecule has 4 rings (SSSR count). The predicted molar refractivity (Wildman–Crippen MR) is 86.0 cm³/mol. The van der Waals surface area contributed by atoms with Gasteiger partial charge in [-0.3, -0.25) is 4.98 Å². The van der Waals surface area contributed by atoms with E-state index >= 15 is 0 Å². The number of halogens is 2. The smallest absolute Gasteiger partial charge is 0.231 e. The van der Waals surface area contributed by atoms with E-state index in [0.29, 0.717) is 33.8 Å². The molecule has 2 heterocycles. The van der Waals surface area contributed by atoms with E-state index in [1.165, 1.54) is 12.1 Å². The third-order valence-electron chi connectivity index (χ3n) is 3.37. The molecule has 0 aliphatic carbocycles. The van der Waals surface area contributed by atoms with Crippen molar-refractivity contribution in [2.24, 2.45) is 0 Å². The second-order valence-electron chi connectivity index (χ2n) is 4.82. The van der Waals surface area contributed by atoms with Gasteiger partial charge in [0.25, 0.3) is 0 Å². The van der Waals surface area contributed by atoms with Crippen LogP contribution in [-0.2, 0) is 0 Å². The molecule has 0 saturated carbocycles. The van der Waals surface area contributed by atoms with Gasteiger partial charge in [0.2, 0.25) is 6.79 Å². The van der Waals surface area contributed by atoms with E-state index in [-0.39, 0.29) is 24.9 Å². The maximum Gasteiger partial charge on any atom is 0.231 e. The molecule has 2 aromatic carbocycles. The maximum absolute atomic E-state index is 13.9. The molecule has 5 nitrogen and oxygen atoms in total. The standard InChI is InChI=1S/C16H11FN2O3.ClH/c17-11-5-9(18)1-2-14(11)22-13-3-4-19-12-7-16-15(6-10(12)13)20-8-21-16;/h1-7H,8,18H2;1H. The highest BCUT2D eigenvalue weighted by atomic mass is 35.5. The summed E-state index contributed by atoms with van der Waals surface area (Å²) in [7, 11) is 0. The summed E-state index contributed by atoms with van der Waals surface area (Å²) in [5, 5.41) is 0.711. The van der Waals surface area contributed by atoms with Crippen LogP contribution in [0.2, 0.25) is 0 Å². The molecule has 0 spiro atoms. The molecule has 0 atom stereocenters. The highest BCUT2D eigenvalue weighted by molar-refractivity contribution is 5.88. The second-order valence-corrected chi connectivity index (χ2v) is 4.82. The highest BCUT2D eigenvalue weighted by Gasteiger charge is 2.17. The fourth-order valence-electron chi connectivity index (χ4n) is 2.32. The Morgan fingerprint density at radius 2 is 1.83 bits per heavy atom. The van der Waals surface area contributed by atoms with Crippen LogP contribution in [0.25, 0.3) is 10.9 Å². The van der Waals surface area contributed by atoms with Crippen LogP contribution in [0.15, 0.2) is 42.6 Å². The van der Waals surface area contributed by atoms with Gasteiger partial charge in [-0.05, 0) is 24.3 Å². The first kappa shape index (κ1) is 15.2. The van der Waals surface area contributed by atoms with Crippen LogP contribution in [0.5, 0.6) is 23.0 Å². The largest absolute Gasteiger partial charge is 0.454 e. The van der Waals surface area contributed by atoms with Crippen LogP contribution in [0.4, 0.5) is 10.1 Å². The van der Waals surface area contributed by atoms with Crippen molar-refractivity contribution < 1.29 is 18.6 Å². The molecule has 23 heavy (non-hydrogen) atoms. The molecule has 0 bridgehead atoms. The third-order valence-corrected chi connectivity index (χ3v) is 3.37. The van der Waals surface area contributed by atoms with E-state index in [1.807, 2.05) is 0 Å². The fourth-order valence-corrected chi connectivity index (χ4v) is 2.32. The van der Waals surface area contributed by atoms with Crippen molar-refractivity contribution in [2.75, 3.05) is 12.5 Å². The average Bonchev–Trinajstić information content (AvgIpc) is 2.95. The number of nitrogen functional groups attached to an aromatic ring is 1. The van der Waals surface area contributed by atoms with Crippen molar-refractivity contribution >= 4 is 29.0 Å². The Morgan fingerprint density at radius 1 is 1.04 bits per heavy atom. The first-order valence-electron chi connectivity index (χ1n) is 6.62. The normalized spacial score (nSPS) is 12.0. The zero-order valence-electron chi connectivity index (χ0n) is 11.8. The first-order valence-corrected chi connectivity index (χ1v) is 6.62. The number of benzene rings is 2. The summed E-state index contributed by atoms with van der Waals surface area (Å²) in [6.45, 7) is 0.175. The Labute approximate surface area is 137 Å². The minimum atomic E-state index is -0.522. The van der Waals surface area contributed by atoms with Gasteiger partial charge in [-0.1, -0.05) is 0 Å². The molecule has 2 N–H and O–H groups in total. The van der Waals surface area contributed by atoms with Gasteiger partial charge in [0.1, 0.15) is 5.75 Å². The first-order chi connectivity index (χ1) is 10.7. The number of aromatic nitrogens is 1. The van der Waals surface area contributed by atoms with Crippen LogP contribution in [0, 0.1) is 5.82 Å². The molecule has 1 aromatic heterocycles. The van der Waals surface area contributed by atoms with Crippen molar-refractivity contribution in [2.45, 2.75) is 0 Å². The average molecular weight is 335 g/mol. The molecule has 0 unspecified atom stereocenters. The predicted octanol–water partition coefficient (Wildman–Crippen LogP) is 3.90. The molecular weight excluding hydrogens is 323 g/mol. The van der Waals surface area contributed by atoms with E-state index in [2.05, 4.69) is 4.98 Å². The summed E-state index contributed by atoms with van der Waals surface area (Å²) in [5.74, 6) is 1.30. The quantitative estimate of drug-likeness (QED) is 0.720. The van der Waals surface area contributed by atoms with Crippen molar-refractivity contribution in [3.05, 3.63) is 48.4 Å². The lowest BCUT2D eigenvalue weighted by molar-refractivity contribution is 0.174. The van der Waals surface area contributed by atoms with Crippen molar-refractivity contribution in [3.8, 4) is 23.0 Å². The van der Waals surface area contributed by atoms with Crippen molar-refractivity contribution in [1.82, 2.24) is 4.98 Å². The number of nitrogens with zero attached hydrogens (tertiary/aromatic N) is 1. The molecule has 118 valence electrons. The van der Waals surface area contributed by atoms with Gasteiger partial charge in [0.05, 0.1) is 5.52 Å². The topological polar surface area (TPSA) is 66.6 Å². The maximum atomic E-state index is 13.9. The summed E-state index contributed by atoms with van der Waals surface area (Å²) in [6, 6.07) is 9.49. The molecule has 7 heteroatoms. The number of pyridine rings is 1. The van der Waals surface area contributed by atoms with Gasteiger partial charge < -0.3 is 19.9 Å².